The Morgan fingerprint density at radius 1 is 1.37 bits per heavy atom. The van der Waals surface area contributed by atoms with Crippen molar-refractivity contribution in [3.63, 3.8) is 0 Å². The number of ether oxygens (including phenoxy) is 1. The van der Waals surface area contributed by atoms with E-state index >= 15 is 0 Å². The summed E-state index contributed by atoms with van der Waals surface area (Å²) in [5.41, 5.74) is 0. The smallest absolute Gasteiger partial charge is 0.260 e. The van der Waals surface area contributed by atoms with E-state index in [0.29, 0.717) is 18.2 Å². The maximum absolute atomic E-state index is 13.6. The molecule has 0 saturated carbocycles. The number of rotatable bonds is 5. The summed E-state index contributed by atoms with van der Waals surface area (Å²) in [5, 5.41) is 2.97. The van der Waals surface area contributed by atoms with Gasteiger partial charge in [-0.15, -0.1) is 0 Å². The largest absolute Gasteiger partial charge is 0.435 e. The number of halogens is 2. The van der Waals surface area contributed by atoms with E-state index in [1.54, 1.807) is 12.3 Å². The Morgan fingerprint density at radius 3 is 2.95 bits per heavy atom. The summed E-state index contributed by atoms with van der Waals surface area (Å²) in [6.45, 7) is 2.73. The molecule has 0 atom stereocenters. The molecule has 0 aromatic carbocycles. The van der Waals surface area contributed by atoms with Crippen LogP contribution in [-0.2, 0) is 0 Å². The van der Waals surface area contributed by atoms with Crippen molar-refractivity contribution < 1.29 is 9.13 Å². The number of pyridine rings is 1. The standard InChI is InChI=1S/C12H12BrFN4O/c1-2-3-16-12-17-7-10(14)11(18-12)19-9-4-8(13)5-15-6-9/h4-7H,2-3H2,1H3,(H,16,17,18). The van der Waals surface area contributed by atoms with Crippen molar-refractivity contribution in [2.75, 3.05) is 11.9 Å². The molecule has 1 N–H and O–H groups in total. The second kappa shape index (κ2) is 6.42. The van der Waals surface area contributed by atoms with Crippen LogP contribution >= 0.6 is 15.9 Å². The summed E-state index contributed by atoms with van der Waals surface area (Å²) in [7, 11) is 0. The molecule has 2 aromatic heterocycles. The van der Waals surface area contributed by atoms with Gasteiger partial charge in [0, 0.05) is 17.2 Å². The van der Waals surface area contributed by atoms with Gasteiger partial charge in [0.15, 0.2) is 0 Å². The summed E-state index contributed by atoms with van der Waals surface area (Å²) in [6.07, 6.45) is 5.08. The molecule has 0 amide bonds. The topological polar surface area (TPSA) is 59.9 Å². The van der Waals surface area contributed by atoms with Crippen molar-refractivity contribution in [1.29, 1.82) is 0 Å². The first-order valence-corrected chi connectivity index (χ1v) is 6.53. The molecule has 5 nitrogen and oxygen atoms in total. The van der Waals surface area contributed by atoms with Crippen molar-refractivity contribution >= 4 is 21.9 Å². The lowest BCUT2D eigenvalue weighted by molar-refractivity contribution is 0.419. The van der Waals surface area contributed by atoms with E-state index in [2.05, 4.69) is 36.2 Å². The number of aromatic nitrogens is 3. The quantitative estimate of drug-likeness (QED) is 0.912. The summed E-state index contributed by atoms with van der Waals surface area (Å²) in [6, 6.07) is 1.67. The number of anilines is 1. The monoisotopic (exact) mass is 326 g/mol. The zero-order valence-corrected chi connectivity index (χ0v) is 11.8. The first-order valence-electron chi connectivity index (χ1n) is 5.74. The lowest BCUT2D eigenvalue weighted by atomic mass is 10.4. The Bertz CT molecular complexity index is 567. The minimum absolute atomic E-state index is 0.131. The molecule has 0 radical (unpaired) electrons. The Labute approximate surface area is 118 Å². The Kier molecular flexibility index (Phi) is 4.62. The van der Waals surface area contributed by atoms with E-state index in [0.717, 1.165) is 17.1 Å². The van der Waals surface area contributed by atoms with Crippen molar-refractivity contribution in [3.05, 3.63) is 34.9 Å². The maximum atomic E-state index is 13.6. The zero-order chi connectivity index (χ0) is 13.7. The van der Waals surface area contributed by atoms with E-state index < -0.39 is 5.82 Å². The van der Waals surface area contributed by atoms with Crippen LogP contribution in [0, 0.1) is 5.82 Å². The molecule has 0 saturated heterocycles. The van der Waals surface area contributed by atoms with Crippen molar-refractivity contribution in [2.24, 2.45) is 0 Å². The molecule has 100 valence electrons. The second-order valence-electron chi connectivity index (χ2n) is 3.71. The number of nitrogens with one attached hydrogen (secondary N) is 1. The zero-order valence-electron chi connectivity index (χ0n) is 10.2. The van der Waals surface area contributed by atoms with Crippen LogP contribution in [0.1, 0.15) is 13.3 Å². The van der Waals surface area contributed by atoms with Crippen molar-refractivity contribution in [2.45, 2.75) is 13.3 Å². The second-order valence-corrected chi connectivity index (χ2v) is 4.63. The third-order valence-corrected chi connectivity index (χ3v) is 2.57. The van der Waals surface area contributed by atoms with Gasteiger partial charge >= 0.3 is 0 Å². The first-order chi connectivity index (χ1) is 9.19. The molecule has 0 bridgehead atoms. The first kappa shape index (κ1) is 13.7. The molecule has 2 aromatic rings. The fourth-order valence-corrected chi connectivity index (χ4v) is 1.65. The molecule has 0 aliphatic carbocycles. The van der Waals surface area contributed by atoms with Gasteiger partial charge in [-0.3, -0.25) is 4.98 Å². The average molecular weight is 327 g/mol. The highest BCUT2D eigenvalue weighted by Gasteiger charge is 2.09. The molecule has 0 unspecified atom stereocenters. The fourth-order valence-electron chi connectivity index (χ4n) is 1.30. The molecular formula is C12H12BrFN4O. The molecule has 0 aliphatic heterocycles. The molecule has 0 fully saturated rings. The van der Waals surface area contributed by atoms with Crippen LogP contribution in [-0.4, -0.2) is 21.5 Å². The third-order valence-electron chi connectivity index (χ3n) is 2.14. The van der Waals surface area contributed by atoms with Crippen molar-refractivity contribution in [1.82, 2.24) is 15.0 Å². The molecule has 7 heteroatoms. The Morgan fingerprint density at radius 2 is 2.21 bits per heavy atom. The van der Waals surface area contributed by atoms with Crippen LogP contribution in [0.2, 0.25) is 0 Å². The predicted octanol–water partition coefficient (Wildman–Crippen LogP) is 3.39. The Balaban J connectivity index is 2.19. The summed E-state index contributed by atoms with van der Waals surface area (Å²) in [5.74, 6) is -0.0230. The molecule has 2 heterocycles. The maximum Gasteiger partial charge on any atom is 0.260 e. The van der Waals surface area contributed by atoms with Crippen LogP contribution in [0.15, 0.2) is 29.1 Å². The van der Waals surface area contributed by atoms with Crippen LogP contribution in [0.4, 0.5) is 10.3 Å². The Hall–Kier alpha value is -1.76. The summed E-state index contributed by atoms with van der Waals surface area (Å²) >= 11 is 3.26. The summed E-state index contributed by atoms with van der Waals surface area (Å²) < 4.78 is 19.7. The molecule has 2 rings (SSSR count). The minimum atomic E-state index is -0.623. The van der Waals surface area contributed by atoms with Gasteiger partial charge in [0.2, 0.25) is 11.8 Å². The van der Waals surface area contributed by atoms with Crippen LogP contribution in [0.25, 0.3) is 0 Å². The third kappa shape index (κ3) is 3.85. The highest BCUT2D eigenvalue weighted by Crippen LogP contribution is 2.24. The molecule has 0 spiro atoms. The predicted molar refractivity (Wildman–Crippen MR) is 72.8 cm³/mol. The van der Waals surface area contributed by atoms with Gasteiger partial charge in [-0.25, -0.2) is 4.98 Å². The van der Waals surface area contributed by atoms with Gasteiger partial charge in [-0.1, -0.05) is 6.92 Å². The van der Waals surface area contributed by atoms with E-state index in [4.69, 9.17) is 4.74 Å². The SMILES string of the molecule is CCCNc1ncc(F)c(Oc2cncc(Br)c2)n1. The summed E-state index contributed by atoms with van der Waals surface area (Å²) in [4.78, 5) is 11.7. The van der Waals surface area contributed by atoms with Crippen LogP contribution < -0.4 is 10.1 Å². The molecule has 0 aliphatic rings. The number of hydrogen-bond donors (Lipinski definition) is 1. The molecular weight excluding hydrogens is 315 g/mol. The minimum Gasteiger partial charge on any atom is -0.435 e. The van der Waals surface area contributed by atoms with Gasteiger partial charge < -0.3 is 10.1 Å². The van der Waals surface area contributed by atoms with Gasteiger partial charge in [-0.05, 0) is 28.4 Å². The van der Waals surface area contributed by atoms with Crippen molar-refractivity contribution in [3.8, 4) is 11.6 Å². The number of nitrogens with zero attached hydrogens (tertiary/aromatic N) is 3. The van der Waals surface area contributed by atoms with E-state index in [1.807, 2.05) is 6.92 Å². The highest BCUT2D eigenvalue weighted by atomic mass is 79.9. The lowest BCUT2D eigenvalue weighted by Crippen LogP contribution is -2.05. The number of hydrogen-bond acceptors (Lipinski definition) is 5. The highest BCUT2D eigenvalue weighted by molar-refractivity contribution is 9.10. The van der Waals surface area contributed by atoms with E-state index in [1.165, 1.54) is 6.20 Å². The lowest BCUT2D eigenvalue weighted by Gasteiger charge is -2.07. The average Bonchev–Trinajstić information content (AvgIpc) is 2.40. The fraction of sp³-hybridized carbons (Fsp3) is 0.250. The van der Waals surface area contributed by atoms with E-state index in [9.17, 15) is 4.39 Å². The van der Waals surface area contributed by atoms with Gasteiger partial charge in [0.05, 0.1) is 12.4 Å². The van der Waals surface area contributed by atoms with Gasteiger partial charge in [0.1, 0.15) is 5.75 Å². The van der Waals surface area contributed by atoms with E-state index in [-0.39, 0.29) is 5.88 Å². The van der Waals surface area contributed by atoms with Gasteiger partial charge in [0.25, 0.3) is 5.88 Å². The van der Waals surface area contributed by atoms with Gasteiger partial charge in [-0.2, -0.15) is 9.37 Å². The molecule has 19 heavy (non-hydrogen) atoms. The van der Waals surface area contributed by atoms with Crippen LogP contribution in [0.3, 0.4) is 0 Å². The van der Waals surface area contributed by atoms with Crippen LogP contribution in [0.5, 0.6) is 11.6 Å². The normalized spacial score (nSPS) is 10.3.